The molecule has 2 aliphatic carbocycles. The lowest BCUT2D eigenvalue weighted by Crippen LogP contribution is -2.63. The number of Topliss-reactive ketones (excluding diaryl/α,β-unsaturated/α-hetero) is 1. The van der Waals surface area contributed by atoms with Crippen molar-refractivity contribution in [3.63, 3.8) is 0 Å². The van der Waals surface area contributed by atoms with Crippen LogP contribution in [0.1, 0.15) is 44.9 Å². The van der Waals surface area contributed by atoms with E-state index < -0.39 is 50.9 Å². The molecular weight excluding hydrogens is 613 g/mol. The highest BCUT2D eigenvalue weighted by Gasteiger charge is 2.79. The average Bonchev–Trinajstić information content (AvgIpc) is 3.42. The molecule has 3 fully saturated rings. The molecule has 3 aliphatic rings. The summed E-state index contributed by atoms with van der Waals surface area (Å²) in [6.07, 6.45) is -5.68. The van der Waals surface area contributed by atoms with E-state index in [2.05, 4.69) is 25.7 Å². The maximum absolute atomic E-state index is 14.4. The van der Waals surface area contributed by atoms with Gasteiger partial charge in [0.1, 0.15) is 10.1 Å². The Labute approximate surface area is 240 Å². The van der Waals surface area contributed by atoms with Gasteiger partial charge >= 0.3 is 12.3 Å². The third kappa shape index (κ3) is 3.96. The van der Waals surface area contributed by atoms with Crippen LogP contribution in [0.25, 0.3) is 16.8 Å². The molecule has 41 heavy (non-hydrogen) atoms. The maximum atomic E-state index is 14.4. The minimum absolute atomic E-state index is 0.0208. The number of alkyl halides is 5. The van der Waals surface area contributed by atoms with Crippen LogP contribution in [0.2, 0.25) is 0 Å². The molecule has 12 heteroatoms. The average molecular weight is 640 g/mol. The fraction of sp³-hybridized carbons (Fsp3) is 0.483. The first kappa shape index (κ1) is 28.4. The number of aromatic nitrogens is 2. The van der Waals surface area contributed by atoms with E-state index in [4.69, 9.17) is 0 Å². The molecule has 2 saturated carbocycles. The van der Waals surface area contributed by atoms with Crippen LogP contribution in [0, 0.1) is 11.3 Å². The molecule has 3 unspecified atom stereocenters. The second-order valence-corrected chi connectivity index (χ2v) is 12.7. The van der Waals surface area contributed by atoms with Crippen molar-refractivity contribution in [3.05, 3.63) is 68.7 Å². The van der Waals surface area contributed by atoms with E-state index in [0.29, 0.717) is 24.0 Å². The Hall–Kier alpha value is -2.70. The Morgan fingerprint density at radius 1 is 1.07 bits per heavy atom. The third-order valence-electron chi connectivity index (χ3n) is 9.56. The summed E-state index contributed by atoms with van der Waals surface area (Å²) in [5.74, 6) is -0.0813. The van der Waals surface area contributed by atoms with Crippen molar-refractivity contribution in [2.45, 2.75) is 56.9 Å². The number of nitrogens with zero attached hydrogens (tertiary/aromatic N) is 3. The van der Waals surface area contributed by atoms with E-state index >= 15 is 0 Å². The van der Waals surface area contributed by atoms with Gasteiger partial charge in [0, 0.05) is 18.3 Å². The standard InChI is InChI=1S/C29H27BrF5N3O3/c1-25(2)19-10-11-26(3,37-13-14-41-27(31,32)15-37)24(40)28(19,25)17-8-6-16(7-9-17)18-5-4-12-38-22(18)36-21(29(33,34)35)20(30)23(38)39/h4-9,12,19H,10-11,13-15H2,1-3H3. The summed E-state index contributed by atoms with van der Waals surface area (Å²) < 4.78 is 74.2. The number of fused-ring (bicyclic) bond motifs is 2. The molecule has 1 aliphatic heterocycles. The highest BCUT2D eigenvalue weighted by Crippen LogP contribution is 2.75. The van der Waals surface area contributed by atoms with Crippen molar-refractivity contribution in [2.75, 3.05) is 19.7 Å². The minimum atomic E-state index is -4.84. The van der Waals surface area contributed by atoms with Crippen LogP contribution in [0.15, 0.2) is 51.9 Å². The summed E-state index contributed by atoms with van der Waals surface area (Å²) in [5.41, 5.74) is -3.20. The number of rotatable bonds is 3. The lowest BCUT2D eigenvalue weighted by molar-refractivity contribution is -0.278. The smallest absolute Gasteiger partial charge is 0.318 e. The molecule has 6 rings (SSSR count). The molecule has 0 spiro atoms. The van der Waals surface area contributed by atoms with Gasteiger partial charge in [-0.1, -0.05) is 38.1 Å². The zero-order valence-electron chi connectivity index (χ0n) is 22.5. The van der Waals surface area contributed by atoms with Crippen LogP contribution in [-0.4, -0.2) is 51.4 Å². The van der Waals surface area contributed by atoms with E-state index in [0.717, 1.165) is 9.96 Å². The van der Waals surface area contributed by atoms with Crippen LogP contribution in [-0.2, 0) is 21.1 Å². The fourth-order valence-corrected chi connectivity index (χ4v) is 7.91. The zero-order valence-corrected chi connectivity index (χ0v) is 24.1. The highest BCUT2D eigenvalue weighted by molar-refractivity contribution is 9.10. The number of carbonyl (C=O) groups excluding carboxylic acids is 1. The van der Waals surface area contributed by atoms with Crippen LogP contribution in [0.3, 0.4) is 0 Å². The SMILES string of the molecule is CC1(N2CCOC(F)(F)C2)CCC2C(C)(C)C2(c2ccc(-c3cccn4c(=O)c(Br)c(C(F)(F)F)nc34)cc2)C1=O. The van der Waals surface area contributed by atoms with Crippen LogP contribution < -0.4 is 5.56 Å². The van der Waals surface area contributed by atoms with E-state index in [1.54, 1.807) is 48.2 Å². The van der Waals surface area contributed by atoms with Crippen molar-refractivity contribution in [2.24, 2.45) is 11.3 Å². The van der Waals surface area contributed by atoms with Gasteiger partial charge in [-0.25, -0.2) is 4.98 Å². The van der Waals surface area contributed by atoms with Gasteiger partial charge in [-0.05, 0) is 70.3 Å². The van der Waals surface area contributed by atoms with Gasteiger partial charge in [0.05, 0.1) is 24.1 Å². The van der Waals surface area contributed by atoms with E-state index in [9.17, 15) is 31.5 Å². The number of hydrogen-bond donors (Lipinski definition) is 0. The molecule has 0 radical (unpaired) electrons. The molecule has 1 saturated heterocycles. The van der Waals surface area contributed by atoms with Crippen molar-refractivity contribution in [1.82, 2.24) is 14.3 Å². The Morgan fingerprint density at radius 2 is 1.76 bits per heavy atom. The first-order valence-electron chi connectivity index (χ1n) is 13.3. The summed E-state index contributed by atoms with van der Waals surface area (Å²) in [6, 6.07) is 10.1. The molecule has 2 aromatic heterocycles. The quantitative estimate of drug-likeness (QED) is 0.325. The lowest BCUT2D eigenvalue weighted by Gasteiger charge is -2.47. The number of hydrogen-bond acceptors (Lipinski definition) is 5. The Kier molecular flexibility index (Phi) is 6.17. The number of halogens is 6. The van der Waals surface area contributed by atoms with Gasteiger partial charge in [-0.2, -0.15) is 22.0 Å². The second-order valence-electron chi connectivity index (χ2n) is 11.9. The fourth-order valence-electron chi connectivity index (χ4n) is 7.41. The number of ketones is 1. The summed E-state index contributed by atoms with van der Waals surface area (Å²) in [5, 5.41) is 0. The zero-order chi connectivity index (χ0) is 29.8. The molecule has 0 amide bonds. The largest absolute Gasteiger partial charge is 0.434 e. The molecule has 3 heterocycles. The number of morpholine rings is 1. The van der Waals surface area contributed by atoms with Gasteiger partial charge in [0.15, 0.2) is 11.5 Å². The van der Waals surface area contributed by atoms with Crippen LogP contribution in [0.5, 0.6) is 0 Å². The van der Waals surface area contributed by atoms with Crippen molar-refractivity contribution in [1.29, 1.82) is 0 Å². The highest BCUT2D eigenvalue weighted by atomic mass is 79.9. The minimum Gasteiger partial charge on any atom is -0.318 e. The Balaban J connectivity index is 1.42. The maximum Gasteiger partial charge on any atom is 0.434 e. The van der Waals surface area contributed by atoms with Gasteiger partial charge in [0.2, 0.25) is 0 Å². The van der Waals surface area contributed by atoms with E-state index in [1.165, 1.54) is 6.20 Å². The van der Waals surface area contributed by atoms with Crippen molar-refractivity contribution in [3.8, 4) is 11.1 Å². The van der Waals surface area contributed by atoms with Gasteiger partial charge < -0.3 is 4.74 Å². The Morgan fingerprint density at radius 3 is 2.39 bits per heavy atom. The molecular formula is C29H27BrF5N3O3. The number of pyridine rings is 1. The monoisotopic (exact) mass is 639 g/mol. The van der Waals surface area contributed by atoms with Gasteiger partial charge in [0.25, 0.3) is 5.56 Å². The predicted molar refractivity (Wildman–Crippen MR) is 144 cm³/mol. The first-order valence-corrected chi connectivity index (χ1v) is 14.1. The topological polar surface area (TPSA) is 63.9 Å². The summed E-state index contributed by atoms with van der Waals surface area (Å²) >= 11 is 2.74. The van der Waals surface area contributed by atoms with E-state index in [-0.39, 0.29) is 30.5 Å². The molecule has 3 atom stereocenters. The number of benzene rings is 1. The van der Waals surface area contributed by atoms with Gasteiger partial charge in [-0.3, -0.25) is 18.9 Å². The third-order valence-corrected chi connectivity index (χ3v) is 10.3. The second kappa shape index (κ2) is 8.90. The first-order chi connectivity index (χ1) is 19.1. The number of ether oxygens (including phenoxy) is 1. The summed E-state index contributed by atoms with van der Waals surface area (Å²) in [7, 11) is 0. The molecule has 3 aromatic rings. The van der Waals surface area contributed by atoms with Crippen LogP contribution in [0.4, 0.5) is 22.0 Å². The lowest BCUT2D eigenvalue weighted by atomic mass is 9.69. The molecule has 218 valence electrons. The van der Waals surface area contributed by atoms with Crippen LogP contribution >= 0.6 is 15.9 Å². The molecule has 1 aromatic carbocycles. The molecule has 0 N–H and O–H groups in total. The predicted octanol–water partition coefficient (Wildman–Crippen LogP) is 6.08. The van der Waals surface area contributed by atoms with E-state index in [1.807, 2.05) is 13.8 Å². The normalized spacial score (nSPS) is 29.4. The molecule has 6 nitrogen and oxygen atoms in total. The van der Waals surface area contributed by atoms with Crippen molar-refractivity contribution >= 4 is 27.4 Å². The van der Waals surface area contributed by atoms with Crippen molar-refractivity contribution < 1.29 is 31.5 Å². The number of carbonyl (C=O) groups is 1. The van der Waals surface area contributed by atoms with Gasteiger partial charge in [-0.15, -0.1) is 0 Å². The summed E-state index contributed by atoms with van der Waals surface area (Å²) in [4.78, 5) is 32.4. The summed E-state index contributed by atoms with van der Waals surface area (Å²) in [6.45, 7) is 5.17. The molecule has 0 bridgehead atoms. The Bertz CT molecular complexity index is 1640.